The summed E-state index contributed by atoms with van der Waals surface area (Å²) in [4.78, 5) is 0. The average Bonchev–Trinajstić information content (AvgIpc) is 3.21. The summed E-state index contributed by atoms with van der Waals surface area (Å²) >= 11 is 0. The van der Waals surface area contributed by atoms with Crippen LogP contribution in [0.5, 0.6) is 28.7 Å². The van der Waals surface area contributed by atoms with E-state index in [2.05, 4.69) is 5.16 Å². The van der Waals surface area contributed by atoms with E-state index < -0.39 is 10.1 Å². The number of hydrogen-bond donors (Lipinski definition) is 0. The van der Waals surface area contributed by atoms with Gasteiger partial charge in [-0.05, 0) is 29.8 Å². The van der Waals surface area contributed by atoms with Crippen LogP contribution >= 0.6 is 0 Å². The Balaban J connectivity index is 2.14. The molecule has 0 unspecified atom stereocenters. The Labute approximate surface area is 174 Å². The zero-order chi connectivity index (χ0) is 21.9. The molecule has 9 nitrogen and oxygen atoms in total. The molecule has 2 aromatic carbocycles. The Bertz CT molecular complexity index is 1130. The molecule has 0 aliphatic rings. The molecule has 0 aliphatic heterocycles. The van der Waals surface area contributed by atoms with E-state index in [1.165, 1.54) is 40.8 Å². The van der Waals surface area contributed by atoms with Gasteiger partial charge in [0.15, 0.2) is 23.0 Å². The van der Waals surface area contributed by atoms with Gasteiger partial charge in [0.05, 0.1) is 34.7 Å². The summed E-state index contributed by atoms with van der Waals surface area (Å²) in [6.45, 7) is 0. The number of rotatable bonds is 8. The van der Waals surface area contributed by atoms with Gasteiger partial charge in [-0.25, -0.2) is 0 Å². The third-order valence-corrected chi connectivity index (χ3v) is 4.71. The van der Waals surface area contributed by atoms with Gasteiger partial charge >= 0.3 is 10.1 Å². The van der Waals surface area contributed by atoms with Gasteiger partial charge in [-0.1, -0.05) is 11.2 Å². The summed E-state index contributed by atoms with van der Waals surface area (Å²) in [5.41, 5.74) is 2.35. The topological polar surface area (TPSA) is 106 Å². The minimum absolute atomic E-state index is 0.0505. The van der Waals surface area contributed by atoms with Gasteiger partial charge in [-0.15, -0.1) is 0 Å². The molecule has 0 saturated heterocycles. The lowest BCUT2D eigenvalue weighted by Gasteiger charge is -2.14. The van der Waals surface area contributed by atoms with E-state index in [-0.39, 0.29) is 11.5 Å². The maximum Gasteiger partial charge on any atom is 0.306 e. The lowest BCUT2D eigenvalue weighted by molar-refractivity contribution is 0.324. The first-order valence-electron chi connectivity index (χ1n) is 8.64. The number of ether oxygens (including phenoxy) is 4. The summed E-state index contributed by atoms with van der Waals surface area (Å²) in [6.07, 6.45) is 2.41. The Morgan fingerprint density at radius 3 is 1.93 bits per heavy atom. The third kappa shape index (κ3) is 4.28. The van der Waals surface area contributed by atoms with Crippen molar-refractivity contribution >= 4 is 10.1 Å². The molecule has 3 aromatic rings. The van der Waals surface area contributed by atoms with Crippen molar-refractivity contribution in [2.45, 2.75) is 0 Å². The molecule has 0 aliphatic carbocycles. The molecule has 0 saturated carbocycles. The van der Waals surface area contributed by atoms with E-state index in [4.69, 9.17) is 27.7 Å². The first kappa shape index (κ1) is 21.3. The second kappa shape index (κ2) is 8.54. The predicted molar refractivity (Wildman–Crippen MR) is 109 cm³/mol. The molecule has 30 heavy (non-hydrogen) atoms. The molecule has 0 fully saturated rings. The second-order valence-corrected chi connectivity index (χ2v) is 7.72. The van der Waals surface area contributed by atoms with Crippen LogP contribution in [0.4, 0.5) is 0 Å². The van der Waals surface area contributed by atoms with E-state index in [1.54, 1.807) is 24.3 Å². The van der Waals surface area contributed by atoms with Crippen LogP contribution in [-0.4, -0.2) is 48.3 Å². The standard InChI is InChI=1S/C20H21NO8S/c1-24-15-7-6-12(8-16(15)29-30(5,22)23)14-11-28-21-19(14)13-9-17(25-2)20(27-4)18(10-13)26-3/h6-11H,1-5H3. The number of hydrogen-bond acceptors (Lipinski definition) is 9. The van der Waals surface area contributed by atoms with Gasteiger partial charge in [0.25, 0.3) is 0 Å². The molecular formula is C20H21NO8S. The highest BCUT2D eigenvalue weighted by molar-refractivity contribution is 7.86. The Morgan fingerprint density at radius 2 is 1.40 bits per heavy atom. The summed E-state index contributed by atoms with van der Waals surface area (Å²) in [5.74, 6) is 1.68. The van der Waals surface area contributed by atoms with Crippen LogP contribution in [-0.2, 0) is 10.1 Å². The normalized spacial score (nSPS) is 11.1. The zero-order valence-electron chi connectivity index (χ0n) is 17.1. The zero-order valence-corrected chi connectivity index (χ0v) is 17.9. The van der Waals surface area contributed by atoms with Crippen molar-refractivity contribution in [2.75, 3.05) is 34.7 Å². The summed E-state index contributed by atoms with van der Waals surface area (Å²) in [7, 11) is 2.22. The van der Waals surface area contributed by atoms with Gasteiger partial charge in [-0.2, -0.15) is 8.42 Å². The number of methoxy groups -OCH3 is 4. The maximum atomic E-state index is 11.6. The highest BCUT2D eigenvalue weighted by atomic mass is 32.2. The average molecular weight is 435 g/mol. The van der Waals surface area contributed by atoms with Crippen LogP contribution in [0.3, 0.4) is 0 Å². The highest BCUT2D eigenvalue weighted by Gasteiger charge is 2.20. The SMILES string of the molecule is COc1ccc(-c2conc2-c2cc(OC)c(OC)c(OC)c2)cc1OS(C)(=O)=O. The second-order valence-electron chi connectivity index (χ2n) is 6.14. The smallest absolute Gasteiger partial charge is 0.306 e. The van der Waals surface area contributed by atoms with Crippen molar-refractivity contribution < 1.29 is 36.1 Å². The number of benzene rings is 2. The van der Waals surface area contributed by atoms with E-state index in [1.807, 2.05) is 0 Å². The summed E-state index contributed by atoms with van der Waals surface area (Å²) < 4.78 is 54.8. The number of nitrogens with zero attached hydrogens (tertiary/aromatic N) is 1. The van der Waals surface area contributed by atoms with Crippen LogP contribution < -0.4 is 23.1 Å². The van der Waals surface area contributed by atoms with Crippen molar-refractivity contribution in [3.8, 4) is 51.1 Å². The molecule has 0 radical (unpaired) electrons. The first-order chi connectivity index (χ1) is 14.3. The lowest BCUT2D eigenvalue weighted by Crippen LogP contribution is -2.06. The Morgan fingerprint density at radius 1 is 0.800 bits per heavy atom. The van der Waals surface area contributed by atoms with Crippen LogP contribution in [0.25, 0.3) is 22.4 Å². The molecule has 1 heterocycles. The van der Waals surface area contributed by atoms with E-state index in [0.717, 1.165) is 6.26 Å². The molecule has 3 rings (SSSR count). The van der Waals surface area contributed by atoms with Crippen molar-refractivity contribution in [3.63, 3.8) is 0 Å². The minimum Gasteiger partial charge on any atom is -0.493 e. The van der Waals surface area contributed by atoms with E-state index >= 15 is 0 Å². The Hall–Kier alpha value is -3.40. The summed E-state index contributed by atoms with van der Waals surface area (Å²) in [5, 5.41) is 4.10. The monoisotopic (exact) mass is 435 g/mol. The molecule has 0 spiro atoms. The van der Waals surface area contributed by atoms with Crippen molar-refractivity contribution in [2.24, 2.45) is 0 Å². The van der Waals surface area contributed by atoms with Crippen LogP contribution in [0, 0.1) is 0 Å². The van der Waals surface area contributed by atoms with Crippen LogP contribution in [0.15, 0.2) is 41.1 Å². The fraction of sp³-hybridized carbons (Fsp3) is 0.250. The van der Waals surface area contributed by atoms with Gasteiger partial charge in [0.1, 0.15) is 12.0 Å². The fourth-order valence-electron chi connectivity index (χ4n) is 2.94. The molecule has 0 amide bonds. The molecule has 10 heteroatoms. The van der Waals surface area contributed by atoms with Gasteiger partial charge in [0, 0.05) is 11.1 Å². The predicted octanol–water partition coefficient (Wildman–Crippen LogP) is 3.38. The van der Waals surface area contributed by atoms with Crippen molar-refractivity contribution in [1.82, 2.24) is 5.16 Å². The quantitative estimate of drug-likeness (QED) is 0.492. The largest absolute Gasteiger partial charge is 0.493 e. The van der Waals surface area contributed by atoms with E-state index in [9.17, 15) is 8.42 Å². The molecule has 0 bridgehead atoms. The van der Waals surface area contributed by atoms with Gasteiger partial charge in [-0.3, -0.25) is 0 Å². The summed E-state index contributed by atoms with van der Waals surface area (Å²) in [6, 6.07) is 8.35. The minimum atomic E-state index is -3.75. The third-order valence-electron chi connectivity index (χ3n) is 4.22. The van der Waals surface area contributed by atoms with Crippen molar-refractivity contribution in [1.29, 1.82) is 0 Å². The lowest BCUT2D eigenvalue weighted by atomic mass is 10.0. The molecule has 1 aromatic heterocycles. The van der Waals surface area contributed by atoms with Gasteiger partial charge in [0.2, 0.25) is 5.75 Å². The van der Waals surface area contributed by atoms with Gasteiger partial charge < -0.3 is 27.7 Å². The fourth-order valence-corrected chi connectivity index (χ4v) is 3.40. The molecular weight excluding hydrogens is 414 g/mol. The highest BCUT2D eigenvalue weighted by Crippen LogP contribution is 2.43. The molecule has 160 valence electrons. The molecule has 0 atom stereocenters. The molecule has 0 N–H and O–H groups in total. The first-order valence-corrected chi connectivity index (χ1v) is 10.5. The van der Waals surface area contributed by atoms with E-state index in [0.29, 0.717) is 39.6 Å². The van der Waals surface area contributed by atoms with Crippen LogP contribution in [0.1, 0.15) is 0 Å². The Kier molecular flexibility index (Phi) is 6.06. The van der Waals surface area contributed by atoms with Crippen molar-refractivity contribution in [3.05, 3.63) is 36.6 Å². The maximum absolute atomic E-state index is 11.6. The number of aromatic nitrogens is 1. The van der Waals surface area contributed by atoms with Crippen LogP contribution in [0.2, 0.25) is 0 Å².